The molecular weight excluding hydrogens is 312 g/mol. The molecule has 1 aliphatic rings. The van der Waals surface area contributed by atoms with E-state index in [2.05, 4.69) is 0 Å². The van der Waals surface area contributed by atoms with Gasteiger partial charge in [0.2, 0.25) is 0 Å². The highest BCUT2D eigenvalue weighted by atomic mass is 16.7. The maximum Gasteiger partial charge on any atom is 0.323 e. The van der Waals surface area contributed by atoms with E-state index in [9.17, 15) is 9.59 Å². The monoisotopic (exact) mass is 336 g/mol. The molecule has 0 amide bonds. The van der Waals surface area contributed by atoms with Gasteiger partial charge >= 0.3 is 11.9 Å². The summed E-state index contributed by atoms with van der Waals surface area (Å²) in [5.41, 5.74) is 0.695. The van der Waals surface area contributed by atoms with Crippen molar-refractivity contribution in [2.75, 3.05) is 14.2 Å². The van der Waals surface area contributed by atoms with Crippen molar-refractivity contribution in [3.63, 3.8) is 0 Å². The molecule has 0 radical (unpaired) electrons. The molecule has 0 aromatic heterocycles. The molecule has 1 aromatic rings. The minimum atomic E-state index is -1.21. The zero-order chi connectivity index (χ0) is 17.5. The highest BCUT2D eigenvalue weighted by molar-refractivity contribution is 5.95. The quantitative estimate of drug-likeness (QED) is 0.587. The smallest absolute Gasteiger partial charge is 0.323 e. The van der Waals surface area contributed by atoms with Gasteiger partial charge in [-0.05, 0) is 31.7 Å². The summed E-state index contributed by atoms with van der Waals surface area (Å²) in [6.07, 6.45) is 1.41. The number of ether oxygens (including phenoxy) is 4. The molecule has 1 saturated heterocycles. The fraction of sp³-hybridized carbons (Fsp3) is 0.556. The van der Waals surface area contributed by atoms with Crippen LogP contribution in [-0.4, -0.2) is 38.6 Å². The second-order valence-electron chi connectivity index (χ2n) is 5.80. The molecule has 1 fully saturated rings. The lowest BCUT2D eigenvalue weighted by Crippen LogP contribution is -2.37. The molecule has 2 rings (SSSR count). The molecule has 0 N–H and O–H groups in total. The molecule has 0 unspecified atom stereocenters. The van der Waals surface area contributed by atoms with Gasteiger partial charge in [-0.15, -0.1) is 0 Å². The summed E-state index contributed by atoms with van der Waals surface area (Å²) in [4.78, 5) is 24.4. The molecule has 1 heterocycles. The normalized spacial score (nSPS) is 22.0. The Balaban J connectivity index is 2.30. The fourth-order valence-corrected chi connectivity index (χ4v) is 2.82. The lowest BCUT2D eigenvalue weighted by Gasteiger charge is -2.33. The Labute approximate surface area is 142 Å². The van der Waals surface area contributed by atoms with E-state index in [1.54, 1.807) is 12.1 Å². The van der Waals surface area contributed by atoms with Crippen molar-refractivity contribution in [1.82, 2.24) is 0 Å². The van der Waals surface area contributed by atoms with Crippen molar-refractivity contribution in [3.8, 4) is 0 Å². The van der Waals surface area contributed by atoms with Crippen LogP contribution in [0.4, 0.5) is 0 Å². The van der Waals surface area contributed by atoms with E-state index in [4.69, 9.17) is 18.9 Å². The second kappa shape index (κ2) is 8.80. The topological polar surface area (TPSA) is 71.1 Å². The Hall–Kier alpha value is -1.92. The van der Waals surface area contributed by atoms with Gasteiger partial charge in [0.1, 0.15) is 6.10 Å². The molecule has 132 valence electrons. The summed E-state index contributed by atoms with van der Waals surface area (Å²) in [6.45, 7) is 1.98. The second-order valence-corrected chi connectivity index (χ2v) is 5.80. The zero-order valence-electron chi connectivity index (χ0n) is 14.3. The molecule has 6 nitrogen and oxygen atoms in total. The van der Waals surface area contributed by atoms with Gasteiger partial charge in [0.25, 0.3) is 0 Å². The van der Waals surface area contributed by atoms with Gasteiger partial charge in [0, 0.05) is 0 Å². The lowest BCUT2D eigenvalue weighted by atomic mass is 9.95. The van der Waals surface area contributed by atoms with Crippen LogP contribution >= 0.6 is 0 Å². The van der Waals surface area contributed by atoms with Crippen LogP contribution in [0.2, 0.25) is 0 Å². The van der Waals surface area contributed by atoms with Crippen molar-refractivity contribution in [3.05, 3.63) is 35.9 Å². The molecule has 0 bridgehead atoms. The molecule has 1 aromatic carbocycles. The Morgan fingerprint density at radius 1 is 1.08 bits per heavy atom. The van der Waals surface area contributed by atoms with Crippen LogP contribution in [0.1, 0.15) is 37.9 Å². The van der Waals surface area contributed by atoms with Crippen molar-refractivity contribution >= 4 is 11.9 Å². The number of esters is 2. The summed E-state index contributed by atoms with van der Waals surface area (Å²) < 4.78 is 21.4. The number of carbonyl (C=O) groups is 2. The molecular formula is C18H24O6. The number of hydrogen-bond acceptors (Lipinski definition) is 6. The largest absolute Gasteiger partial charge is 0.468 e. The Morgan fingerprint density at radius 3 is 2.25 bits per heavy atom. The third kappa shape index (κ3) is 4.55. The summed E-state index contributed by atoms with van der Waals surface area (Å²) in [6, 6.07) is 9.10. The van der Waals surface area contributed by atoms with Crippen molar-refractivity contribution in [1.29, 1.82) is 0 Å². The minimum absolute atomic E-state index is 0.0786. The van der Waals surface area contributed by atoms with Gasteiger partial charge in [-0.1, -0.05) is 30.3 Å². The first-order valence-electron chi connectivity index (χ1n) is 8.08. The first-order chi connectivity index (χ1) is 11.6. The average molecular weight is 336 g/mol. The van der Waals surface area contributed by atoms with Crippen LogP contribution in [0.3, 0.4) is 0 Å². The Morgan fingerprint density at radius 2 is 1.71 bits per heavy atom. The molecule has 3 atom stereocenters. The van der Waals surface area contributed by atoms with Crippen LogP contribution in [0.5, 0.6) is 0 Å². The average Bonchev–Trinajstić information content (AvgIpc) is 2.61. The highest BCUT2D eigenvalue weighted by Gasteiger charge is 2.40. The Bertz CT molecular complexity index is 528. The van der Waals surface area contributed by atoms with Gasteiger partial charge in [-0.25, -0.2) is 0 Å². The van der Waals surface area contributed by atoms with E-state index in [0.29, 0.717) is 12.0 Å². The van der Waals surface area contributed by atoms with Crippen LogP contribution in [-0.2, 0) is 28.5 Å². The minimum Gasteiger partial charge on any atom is -0.468 e. The van der Waals surface area contributed by atoms with Gasteiger partial charge < -0.3 is 18.9 Å². The SMILES string of the molecule is COC(=O)C(C(=O)OC)[C@H](O[C@@H]1CCC[C@H](C)O1)c1ccccc1. The Kier molecular flexibility index (Phi) is 6.75. The maximum atomic E-state index is 12.2. The molecule has 0 spiro atoms. The summed E-state index contributed by atoms with van der Waals surface area (Å²) >= 11 is 0. The third-order valence-corrected chi connectivity index (χ3v) is 4.07. The van der Waals surface area contributed by atoms with E-state index < -0.39 is 30.3 Å². The van der Waals surface area contributed by atoms with E-state index >= 15 is 0 Å². The molecule has 0 saturated carbocycles. The van der Waals surface area contributed by atoms with Gasteiger partial charge in [0.05, 0.1) is 20.3 Å². The first kappa shape index (κ1) is 18.4. The summed E-state index contributed by atoms with van der Waals surface area (Å²) in [5, 5.41) is 0. The number of hydrogen-bond donors (Lipinski definition) is 0. The molecule has 0 aliphatic carbocycles. The number of benzene rings is 1. The first-order valence-corrected chi connectivity index (χ1v) is 8.08. The zero-order valence-corrected chi connectivity index (χ0v) is 14.3. The lowest BCUT2D eigenvalue weighted by molar-refractivity contribution is -0.225. The molecule has 24 heavy (non-hydrogen) atoms. The standard InChI is InChI=1S/C18H24O6/c1-12-8-7-11-14(23-12)24-16(13-9-5-4-6-10-13)15(17(19)21-2)18(20)22-3/h4-6,9-10,12,14-16H,7-8,11H2,1-3H3/t12-,14+,16+/m0/s1. The van der Waals surface area contributed by atoms with Crippen LogP contribution in [0, 0.1) is 5.92 Å². The highest BCUT2D eigenvalue weighted by Crippen LogP contribution is 2.32. The van der Waals surface area contributed by atoms with E-state index in [0.717, 1.165) is 12.8 Å². The molecule has 6 heteroatoms. The van der Waals surface area contributed by atoms with Crippen LogP contribution < -0.4 is 0 Å². The summed E-state index contributed by atoms with van der Waals surface area (Å²) in [7, 11) is 2.47. The van der Waals surface area contributed by atoms with Gasteiger partial charge in [-0.2, -0.15) is 0 Å². The van der Waals surface area contributed by atoms with Crippen molar-refractivity contribution in [2.24, 2.45) is 5.92 Å². The number of methoxy groups -OCH3 is 2. The van der Waals surface area contributed by atoms with Gasteiger partial charge in [-0.3, -0.25) is 9.59 Å². The van der Waals surface area contributed by atoms with Crippen LogP contribution in [0.15, 0.2) is 30.3 Å². The van der Waals surface area contributed by atoms with Crippen LogP contribution in [0.25, 0.3) is 0 Å². The summed E-state index contributed by atoms with van der Waals surface area (Å²) in [5.74, 6) is -2.60. The maximum absolute atomic E-state index is 12.2. The predicted octanol–water partition coefficient (Wildman–Crippen LogP) is 2.62. The van der Waals surface area contributed by atoms with Gasteiger partial charge in [0.15, 0.2) is 12.2 Å². The van der Waals surface area contributed by atoms with Crippen molar-refractivity contribution in [2.45, 2.75) is 44.7 Å². The fourth-order valence-electron chi connectivity index (χ4n) is 2.82. The van der Waals surface area contributed by atoms with E-state index in [1.807, 2.05) is 25.1 Å². The third-order valence-electron chi connectivity index (χ3n) is 4.07. The molecule has 1 aliphatic heterocycles. The number of carbonyl (C=O) groups excluding carboxylic acids is 2. The van der Waals surface area contributed by atoms with E-state index in [-0.39, 0.29) is 6.10 Å². The predicted molar refractivity (Wildman–Crippen MR) is 86.0 cm³/mol. The van der Waals surface area contributed by atoms with Crippen molar-refractivity contribution < 1.29 is 28.5 Å². The number of rotatable bonds is 6. The van der Waals surface area contributed by atoms with E-state index in [1.165, 1.54) is 14.2 Å².